The van der Waals surface area contributed by atoms with Gasteiger partial charge in [-0.25, -0.2) is 0 Å². The van der Waals surface area contributed by atoms with Crippen molar-refractivity contribution in [3.63, 3.8) is 0 Å². The summed E-state index contributed by atoms with van der Waals surface area (Å²) in [6, 6.07) is 7.92. The van der Waals surface area contributed by atoms with Crippen LogP contribution in [0.15, 0.2) is 24.3 Å². The lowest BCUT2D eigenvalue weighted by Gasteiger charge is -2.25. The van der Waals surface area contributed by atoms with Gasteiger partial charge in [-0.3, -0.25) is 9.59 Å². The van der Waals surface area contributed by atoms with Gasteiger partial charge >= 0.3 is 0 Å². The lowest BCUT2D eigenvalue weighted by molar-refractivity contribution is -0.130. The average molecular weight is 259 g/mol. The molecule has 1 aliphatic carbocycles. The van der Waals surface area contributed by atoms with Crippen LogP contribution in [0.1, 0.15) is 37.8 Å². The number of fused-ring (bicyclic) bond motifs is 1. The van der Waals surface area contributed by atoms with Gasteiger partial charge in [-0.2, -0.15) is 0 Å². The fraction of sp³-hybridized carbons (Fsp3) is 0.500. The molecular weight excluding hydrogens is 238 g/mol. The van der Waals surface area contributed by atoms with Gasteiger partial charge in [0.1, 0.15) is 0 Å². The first-order valence-electron chi connectivity index (χ1n) is 7.01. The van der Waals surface area contributed by atoms with Crippen molar-refractivity contribution >= 4 is 11.7 Å². The zero-order chi connectivity index (χ0) is 13.8. The monoisotopic (exact) mass is 259 g/mol. The molecule has 1 amide bonds. The van der Waals surface area contributed by atoms with E-state index in [4.69, 9.17) is 0 Å². The summed E-state index contributed by atoms with van der Waals surface area (Å²) in [5.41, 5.74) is 2.62. The van der Waals surface area contributed by atoms with Gasteiger partial charge in [0.25, 0.3) is 0 Å². The Morgan fingerprint density at radius 1 is 1.32 bits per heavy atom. The maximum Gasteiger partial charge on any atom is 0.224 e. The maximum absolute atomic E-state index is 12.2. The number of carbonyl (C=O) groups is 2. The summed E-state index contributed by atoms with van der Waals surface area (Å²) < 4.78 is 0. The van der Waals surface area contributed by atoms with Gasteiger partial charge in [-0.1, -0.05) is 31.2 Å². The van der Waals surface area contributed by atoms with Crippen LogP contribution >= 0.6 is 0 Å². The third-order valence-corrected chi connectivity index (χ3v) is 3.91. The van der Waals surface area contributed by atoms with Crippen LogP contribution in [0.4, 0.5) is 0 Å². The van der Waals surface area contributed by atoms with Crippen molar-refractivity contribution in [1.82, 2.24) is 5.32 Å². The zero-order valence-corrected chi connectivity index (χ0v) is 11.6. The van der Waals surface area contributed by atoms with Crippen molar-refractivity contribution in [1.29, 1.82) is 0 Å². The molecule has 102 valence electrons. The summed E-state index contributed by atoms with van der Waals surface area (Å²) in [5.74, 6) is 0.107. The minimum absolute atomic E-state index is 0.00186. The van der Waals surface area contributed by atoms with Crippen molar-refractivity contribution in [3.05, 3.63) is 35.4 Å². The molecule has 1 aromatic carbocycles. The molecule has 0 fully saturated rings. The Kier molecular flexibility index (Phi) is 4.35. The van der Waals surface area contributed by atoms with Crippen molar-refractivity contribution in [2.24, 2.45) is 5.92 Å². The molecule has 1 aromatic rings. The van der Waals surface area contributed by atoms with E-state index < -0.39 is 0 Å². The molecule has 0 saturated heterocycles. The van der Waals surface area contributed by atoms with E-state index in [2.05, 4.69) is 17.4 Å². The van der Waals surface area contributed by atoms with E-state index >= 15 is 0 Å². The van der Waals surface area contributed by atoms with Crippen molar-refractivity contribution < 1.29 is 9.59 Å². The molecule has 0 bridgehead atoms. The molecule has 3 heteroatoms. The highest BCUT2D eigenvalue weighted by Gasteiger charge is 2.26. The molecule has 2 atom stereocenters. The van der Waals surface area contributed by atoms with Crippen LogP contribution in [0.5, 0.6) is 0 Å². The summed E-state index contributed by atoms with van der Waals surface area (Å²) in [6.07, 6.45) is 3.07. The molecule has 0 saturated carbocycles. The second kappa shape index (κ2) is 6.00. The highest BCUT2D eigenvalue weighted by Crippen LogP contribution is 2.25. The van der Waals surface area contributed by atoms with Crippen LogP contribution in [0.3, 0.4) is 0 Å². The third kappa shape index (κ3) is 3.22. The van der Waals surface area contributed by atoms with Crippen LogP contribution in [0.2, 0.25) is 0 Å². The number of hydrogen-bond donors (Lipinski definition) is 1. The number of rotatable bonds is 4. The van der Waals surface area contributed by atoms with Crippen LogP contribution in [0.25, 0.3) is 0 Å². The molecule has 2 rings (SSSR count). The van der Waals surface area contributed by atoms with E-state index in [1.54, 1.807) is 6.92 Å². The van der Waals surface area contributed by atoms with E-state index in [0.29, 0.717) is 6.42 Å². The van der Waals surface area contributed by atoms with Crippen LogP contribution in [-0.4, -0.2) is 17.7 Å². The first kappa shape index (κ1) is 13.8. The molecule has 0 aromatic heterocycles. The Labute approximate surface area is 114 Å². The SMILES string of the molecule is CCC(=O)C(C)NC(=O)C1CCc2ccccc2C1. The molecule has 3 nitrogen and oxygen atoms in total. The maximum atomic E-state index is 12.2. The second-order valence-corrected chi connectivity index (χ2v) is 5.26. The predicted molar refractivity (Wildman–Crippen MR) is 74.9 cm³/mol. The Morgan fingerprint density at radius 3 is 2.68 bits per heavy atom. The van der Waals surface area contributed by atoms with Gasteiger partial charge in [-0.15, -0.1) is 0 Å². The number of benzene rings is 1. The first-order chi connectivity index (χ1) is 9.11. The predicted octanol–water partition coefficient (Wildman–Crippen LogP) is 2.28. The lowest BCUT2D eigenvalue weighted by Crippen LogP contribution is -2.42. The quantitative estimate of drug-likeness (QED) is 0.901. The summed E-state index contributed by atoms with van der Waals surface area (Å²) in [7, 11) is 0. The number of ketones is 1. The molecule has 2 unspecified atom stereocenters. The Hall–Kier alpha value is -1.64. The van der Waals surface area contributed by atoms with Crippen LogP contribution in [0, 0.1) is 5.92 Å². The number of carbonyl (C=O) groups excluding carboxylic acids is 2. The number of amides is 1. The average Bonchev–Trinajstić information content (AvgIpc) is 2.45. The first-order valence-corrected chi connectivity index (χ1v) is 7.01. The molecular formula is C16H21NO2. The minimum atomic E-state index is -0.366. The molecule has 1 aliphatic rings. The highest BCUT2D eigenvalue weighted by molar-refractivity contribution is 5.89. The topological polar surface area (TPSA) is 46.2 Å². The van der Waals surface area contributed by atoms with Crippen molar-refractivity contribution in [2.45, 2.75) is 45.6 Å². The smallest absolute Gasteiger partial charge is 0.224 e. The van der Waals surface area contributed by atoms with E-state index in [1.807, 2.05) is 19.1 Å². The number of nitrogens with one attached hydrogen (secondary N) is 1. The van der Waals surface area contributed by atoms with Crippen LogP contribution in [-0.2, 0) is 22.4 Å². The lowest BCUT2D eigenvalue weighted by atomic mass is 9.83. The fourth-order valence-corrected chi connectivity index (χ4v) is 2.64. The van der Waals surface area contributed by atoms with E-state index in [-0.39, 0.29) is 23.7 Å². The zero-order valence-electron chi connectivity index (χ0n) is 11.6. The third-order valence-electron chi connectivity index (χ3n) is 3.91. The van der Waals surface area contributed by atoms with Gasteiger partial charge < -0.3 is 5.32 Å². The number of aryl methyl sites for hydroxylation is 1. The summed E-state index contributed by atoms with van der Waals surface area (Å²) >= 11 is 0. The molecule has 0 radical (unpaired) electrons. The standard InChI is InChI=1S/C16H21NO2/c1-3-15(18)11(2)17-16(19)14-9-8-12-6-4-5-7-13(12)10-14/h4-7,11,14H,3,8-10H2,1-2H3,(H,17,19). The highest BCUT2D eigenvalue weighted by atomic mass is 16.2. The summed E-state index contributed by atoms with van der Waals surface area (Å²) in [6.45, 7) is 3.59. The van der Waals surface area contributed by atoms with Crippen molar-refractivity contribution in [2.75, 3.05) is 0 Å². The molecule has 0 spiro atoms. The van der Waals surface area contributed by atoms with E-state index in [9.17, 15) is 9.59 Å². The molecule has 0 heterocycles. The Morgan fingerprint density at radius 2 is 2.00 bits per heavy atom. The summed E-state index contributed by atoms with van der Waals surface area (Å²) in [5, 5.41) is 2.84. The van der Waals surface area contributed by atoms with Gasteiger partial charge in [0.05, 0.1) is 6.04 Å². The molecule has 0 aliphatic heterocycles. The summed E-state index contributed by atoms with van der Waals surface area (Å²) in [4.78, 5) is 23.7. The van der Waals surface area contributed by atoms with Crippen LogP contribution < -0.4 is 5.32 Å². The Bertz CT molecular complexity index is 481. The Balaban J connectivity index is 1.97. The molecule has 19 heavy (non-hydrogen) atoms. The van der Waals surface area contributed by atoms with Gasteiger partial charge in [0.2, 0.25) is 5.91 Å². The number of hydrogen-bond acceptors (Lipinski definition) is 2. The molecule has 1 N–H and O–H groups in total. The minimum Gasteiger partial charge on any atom is -0.346 e. The second-order valence-electron chi connectivity index (χ2n) is 5.26. The largest absolute Gasteiger partial charge is 0.346 e. The van der Waals surface area contributed by atoms with E-state index in [1.165, 1.54) is 11.1 Å². The van der Waals surface area contributed by atoms with Gasteiger partial charge in [-0.05, 0) is 37.3 Å². The number of Topliss-reactive ketones (excluding diaryl/α,β-unsaturated/α-hetero) is 1. The van der Waals surface area contributed by atoms with Gasteiger partial charge in [0, 0.05) is 12.3 Å². The normalized spacial score (nSPS) is 19.4. The van der Waals surface area contributed by atoms with E-state index in [0.717, 1.165) is 19.3 Å². The van der Waals surface area contributed by atoms with Crippen molar-refractivity contribution in [3.8, 4) is 0 Å². The van der Waals surface area contributed by atoms with Gasteiger partial charge in [0.15, 0.2) is 5.78 Å². The fourth-order valence-electron chi connectivity index (χ4n) is 2.64.